The third-order valence-corrected chi connectivity index (χ3v) is 5.99. The molecule has 4 heterocycles. The standard InChI is InChI=1S/C21H23N5O2/c27-20(28-13-16-5-2-1-3-6-16)26-12-9-21(26)8-4-11-25(14-21)19-17-7-10-22-18(17)23-15-24-19/h1-3,5-7,10,15H,4,8-9,11-14H2,(H,22,23,24). The summed E-state index contributed by atoms with van der Waals surface area (Å²) < 4.78 is 5.60. The van der Waals surface area contributed by atoms with Crippen molar-refractivity contribution in [2.75, 3.05) is 24.5 Å². The van der Waals surface area contributed by atoms with Crippen LogP contribution in [0.1, 0.15) is 24.8 Å². The highest BCUT2D eigenvalue weighted by atomic mass is 16.6. The lowest BCUT2D eigenvalue weighted by Gasteiger charge is -2.56. The first-order valence-electron chi connectivity index (χ1n) is 9.77. The summed E-state index contributed by atoms with van der Waals surface area (Å²) in [5, 5.41) is 1.03. The van der Waals surface area contributed by atoms with Gasteiger partial charge in [0, 0.05) is 25.8 Å². The number of ether oxygens (including phenoxy) is 1. The van der Waals surface area contributed by atoms with E-state index >= 15 is 0 Å². The average molecular weight is 377 g/mol. The zero-order chi connectivity index (χ0) is 19.0. The van der Waals surface area contributed by atoms with Crippen LogP contribution in [-0.2, 0) is 11.3 Å². The highest BCUT2D eigenvalue weighted by Gasteiger charge is 2.50. The number of nitrogens with zero attached hydrogens (tertiary/aromatic N) is 4. The first-order valence-corrected chi connectivity index (χ1v) is 9.77. The van der Waals surface area contributed by atoms with Gasteiger partial charge in [0.1, 0.15) is 24.4 Å². The fourth-order valence-corrected chi connectivity index (χ4v) is 4.45. The predicted octanol–water partition coefficient (Wildman–Crippen LogP) is 3.34. The van der Waals surface area contributed by atoms with Crippen LogP contribution >= 0.6 is 0 Å². The molecule has 1 unspecified atom stereocenters. The second-order valence-electron chi connectivity index (χ2n) is 7.63. The zero-order valence-corrected chi connectivity index (χ0v) is 15.7. The van der Waals surface area contributed by atoms with Crippen molar-refractivity contribution < 1.29 is 9.53 Å². The summed E-state index contributed by atoms with van der Waals surface area (Å²) in [6.45, 7) is 2.79. The molecule has 2 aromatic heterocycles. The number of H-pyrrole nitrogens is 1. The van der Waals surface area contributed by atoms with Gasteiger partial charge in [0.05, 0.1) is 10.9 Å². The summed E-state index contributed by atoms with van der Waals surface area (Å²) in [5.74, 6) is 0.940. The van der Waals surface area contributed by atoms with Gasteiger partial charge in [-0.3, -0.25) is 0 Å². The van der Waals surface area contributed by atoms with Crippen LogP contribution in [0, 0.1) is 0 Å². The summed E-state index contributed by atoms with van der Waals surface area (Å²) in [7, 11) is 0. The lowest BCUT2D eigenvalue weighted by molar-refractivity contribution is -0.0245. The molecule has 1 atom stereocenters. The number of fused-ring (bicyclic) bond motifs is 1. The van der Waals surface area contributed by atoms with Gasteiger partial charge in [-0.1, -0.05) is 30.3 Å². The lowest BCUT2D eigenvalue weighted by atomic mass is 9.78. The molecule has 1 spiro atoms. The molecule has 2 saturated heterocycles. The Bertz CT molecular complexity index is 989. The summed E-state index contributed by atoms with van der Waals surface area (Å²) >= 11 is 0. The summed E-state index contributed by atoms with van der Waals surface area (Å²) in [6.07, 6.45) is 6.31. The number of piperidine rings is 1. The highest BCUT2D eigenvalue weighted by Crippen LogP contribution is 2.40. The number of rotatable bonds is 3. The molecule has 7 nitrogen and oxygen atoms in total. The van der Waals surface area contributed by atoms with E-state index in [9.17, 15) is 4.79 Å². The number of hydrogen-bond acceptors (Lipinski definition) is 5. The van der Waals surface area contributed by atoms with Crippen molar-refractivity contribution in [2.24, 2.45) is 0 Å². The number of likely N-dealkylation sites (tertiary alicyclic amines) is 1. The normalized spacial score (nSPS) is 21.7. The summed E-state index contributed by atoms with van der Waals surface area (Å²) in [4.78, 5) is 28.9. The van der Waals surface area contributed by atoms with E-state index in [4.69, 9.17) is 4.74 Å². The first kappa shape index (κ1) is 17.0. The fourth-order valence-electron chi connectivity index (χ4n) is 4.45. The predicted molar refractivity (Wildman–Crippen MR) is 106 cm³/mol. The molecule has 2 fully saturated rings. The third-order valence-electron chi connectivity index (χ3n) is 5.99. The molecular weight excluding hydrogens is 354 g/mol. The van der Waals surface area contributed by atoms with Gasteiger partial charge in [-0.05, 0) is 30.9 Å². The van der Waals surface area contributed by atoms with Gasteiger partial charge in [0.15, 0.2) is 0 Å². The summed E-state index contributed by atoms with van der Waals surface area (Å²) in [5.41, 5.74) is 1.70. The van der Waals surface area contributed by atoms with Crippen molar-refractivity contribution in [2.45, 2.75) is 31.4 Å². The van der Waals surface area contributed by atoms with Crippen LogP contribution in [0.5, 0.6) is 0 Å². The van der Waals surface area contributed by atoms with E-state index in [-0.39, 0.29) is 11.6 Å². The van der Waals surface area contributed by atoms with Gasteiger partial charge in [-0.25, -0.2) is 14.8 Å². The minimum Gasteiger partial charge on any atom is -0.445 e. The minimum atomic E-state index is -0.216. The number of aromatic amines is 1. The summed E-state index contributed by atoms with van der Waals surface area (Å²) in [6, 6.07) is 11.8. The van der Waals surface area contributed by atoms with E-state index in [1.165, 1.54) is 0 Å². The van der Waals surface area contributed by atoms with Crippen molar-refractivity contribution in [3.05, 3.63) is 54.5 Å². The Kier molecular flexibility index (Phi) is 4.15. The smallest absolute Gasteiger partial charge is 0.410 e. The molecule has 0 saturated carbocycles. The van der Waals surface area contributed by atoms with E-state index in [1.807, 2.05) is 47.5 Å². The molecule has 2 aliphatic heterocycles. The first-order chi connectivity index (χ1) is 13.8. The molecule has 2 aliphatic rings. The van der Waals surface area contributed by atoms with Gasteiger partial charge < -0.3 is 19.5 Å². The van der Waals surface area contributed by atoms with Crippen LogP contribution in [0.25, 0.3) is 11.0 Å². The third kappa shape index (κ3) is 2.87. The van der Waals surface area contributed by atoms with E-state index in [0.717, 1.165) is 61.3 Å². The van der Waals surface area contributed by atoms with E-state index < -0.39 is 0 Å². The van der Waals surface area contributed by atoms with Crippen molar-refractivity contribution in [3.63, 3.8) is 0 Å². The number of carbonyl (C=O) groups excluding carboxylic acids is 1. The number of amides is 1. The van der Waals surface area contributed by atoms with Crippen LogP contribution < -0.4 is 4.90 Å². The van der Waals surface area contributed by atoms with E-state index in [1.54, 1.807) is 6.33 Å². The van der Waals surface area contributed by atoms with Gasteiger partial charge in [-0.15, -0.1) is 0 Å². The average Bonchev–Trinajstić information content (AvgIpc) is 3.21. The van der Waals surface area contributed by atoms with E-state index in [0.29, 0.717) is 6.61 Å². The number of nitrogens with one attached hydrogen (secondary N) is 1. The molecule has 1 N–H and O–H groups in total. The minimum absolute atomic E-state index is 0.153. The quantitative estimate of drug-likeness (QED) is 0.758. The van der Waals surface area contributed by atoms with Crippen molar-refractivity contribution >= 4 is 22.9 Å². The maximum Gasteiger partial charge on any atom is 0.410 e. The van der Waals surface area contributed by atoms with Gasteiger partial charge in [-0.2, -0.15) is 0 Å². The monoisotopic (exact) mass is 377 g/mol. The van der Waals surface area contributed by atoms with E-state index in [2.05, 4.69) is 19.9 Å². The molecule has 1 amide bonds. The molecule has 144 valence electrons. The second kappa shape index (κ2) is 6.82. The lowest BCUT2D eigenvalue weighted by Crippen LogP contribution is -2.68. The maximum absolute atomic E-state index is 12.7. The molecule has 28 heavy (non-hydrogen) atoms. The fraction of sp³-hybridized carbons (Fsp3) is 0.381. The van der Waals surface area contributed by atoms with Crippen LogP contribution in [0.4, 0.5) is 10.6 Å². The molecule has 7 heteroatoms. The number of hydrogen-bond donors (Lipinski definition) is 1. The number of anilines is 1. The largest absolute Gasteiger partial charge is 0.445 e. The van der Waals surface area contributed by atoms with Crippen molar-refractivity contribution in [1.82, 2.24) is 19.9 Å². The SMILES string of the molecule is O=C(OCc1ccccc1)N1CCC12CCCN(c1ncnc3[nH]ccc13)C2. The molecule has 0 aliphatic carbocycles. The molecule has 0 bridgehead atoms. The molecule has 5 rings (SSSR count). The Morgan fingerprint density at radius 1 is 1.14 bits per heavy atom. The Labute approximate surface area is 163 Å². The number of carbonyl (C=O) groups is 1. The Hall–Kier alpha value is -3.09. The molecule has 1 aromatic carbocycles. The highest BCUT2D eigenvalue weighted by molar-refractivity contribution is 5.87. The Morgan fingerprint density at radius 3 is 2.86 bits per heavy atom. The maximum atomic E-state index is 12.7. The molecule has 0 radical (unpaired) electrons. The van der Waals surface area contributed by atoms with Crippen LogP contribution in [0.15, 0.2) is 48.9 Å². The number of aromatic nitrogens is 3. The Morgan fingerprint density at radius 2 is 2.04 bits per heavy atom. The Balaban J connectivity index is 1.31. The second-order valence-corrected chi connectivity index (χ2v) is 7.63. The number of benzene rings is 1. The van der Waals surface area contributed by atoms with Crippen LogP contribution in [0.2, 0.25) is 0 Å². The van der Waals surface area contributed by atoms with Gasteiger partial charge in [0.25, 0.3) is 0 Å². The molecular formula is C21H23N5O2. The van der Waals surface area contributed by atoms with Crippen LogP contribution in [-0.4, -0.2) is 51.1 Å². The van der Waals surface area contributed by atoms with Crippen LogP contribution in [0.3, 0.4) is 0 Å². The topological polar surface area (TPSA) is 74.3 Å². The zero-order valence-electron chi connectivity index (χ0n) is 15.7. The van der Waals surface area contributed by atoms with Gasteiger partial charge in [0.2, 0.25) is 0 Å². The molecule has 3 aromatic rings. The van der Waals surface area contributed by atoms with Gasteiger partial charge >= 0.3 is 6.09 Å². The van der Waals surface area contributed by atoms with Crippen molar-refractivity contribution in [1.29, 1.82) is 0 Å². The van der Waals surface area contributed by atoms with Crippen molar-refractivity contribution in [3.8, 4) is 0 Å².